The van der Waals surface area contributed by atoms with Gasteiger partial charge in [-0.15, -0.1) is 0 Å². The molecule has 1 N–H and O–H groups in total. The third kappa shape index (κ3) is 4.36. The minimum atomic E-state index is -0.565. The summed E-state index contributed by atoms with van der Waals surface area (Å²) < 4.78 is 27.1. The summed E-state index contributed by atoms with van der Waals surface area (Å²) in [5.74, 6) is -1.33. The van der Waals surface area contributed by atoms with Crippen LogP contribution >= 0.6 is 15.9 Å². The molecule has 0 radical (unpaired) electrons. The first kappa shape index (κ1) is 15.6. The van der Waals surface area contributed by atoms with Gasteiger partial charge in [-0.2, -0.15) is 0 Å². The summed E-state index contributed by atoms with van der Waals surface area (Å²) >= 11 is 3.21. The Kier molecular flexibility index (Phi) is 5.07. The van der Waals surface area contributed by atoms with E-state index in [0.29, 0.717) is 10.9 Å². The molecule has 0 aromatic heterocycles. The molecule has 2 rings (SSSR count). The first-order valence-corrected chi connectivity index (χ1v) is 7.25. The zero-order valence-corrected chi connectivity index (χ0v) is 13.0. The molecule has 0 saturated carbocycles. The molecular formula is C16H14BrF2NO. The second-order valence-corrected chi connectivity index (χ2v) is 5.74. The number of hydrogen-bond donors (Lipinski definition) is 1. The van der Waals surface area contributed by atoms with E-state index in [0.717, 1.165) is 5.56 Å². The average molecular weight is 354 g/mol. The molecule has 0 heterocycles. The van der Waals surface area contributed by atoms with Crippen LogP contribution in [0.3, 0.4) is 0 Å². The van der Waals surface area contributed by atoms with Crippen molar-refractivity contribution in [2.75, 3.05) is 0 Å². The summed E-state index contributed by atoms with van der Waals surface area (Å²) in [4.78, 5) is 12.0. The second kappa shape index (κ2) is 6.80. The Hall–Kier alpha value is -1.75. The number of rotatable bonds is 4. The van der Waals surface area contributed by atoms with Crippen molar-refractivity contribution in [2.45, 2.75) is 19.4 Å². The first-order valence-electron chi connectivity index (χ1n) is 6.46. The van der Waals surface area contributed by atoms with Crippen molar-refractivity contribution < 1.29 is 13.6 Å². The Balaban J connectivity index is 2.01. The molecular weight excluding hydrogens is 340 g/mol. The fraction of sp³-hybridized carbons (Fsp3) is 0.188. The van der Waals surface area contributed by atoms with Crippen LogP contribution in [-0.4, -0.2) is 11.9 Å². The maximum atomic E-state index is 13.6. The van der Waals surface area contributed by atoms with Crippen LogP contribution in [0.5, 0.6) is 0 Å². The van der Waals surface area contributed by atoms with Crippen LogP contribution < -0.4 is 5.32 Å². The highest BCUT2D eigenvalue weighted by Gasteiger charge is 2.14. The lowest BCUT2D eigenvalue weighted by atomic mass is 10.1. The number of amides is 1. The summed E-state index contributed by atoms with van der Waals surface area (Å²) in [5, 5.41) is 2.73. The zero-order chi connectivity index (χ0) is 15.4. The second-order valence-electron chi connectivity index (χ2n) is 4.83. The van der Waals surface area contributed by atoms with Crippen LogP contribution in [0.4, 0.5) is 8.78 Å². The third-order valence-corrected chi connectivity index (χ3v) is 3.50. The molecule has 0 bridgehead atoms. The highest BCUT2D eigenvalue weighted by atomic mass is 79.9. The number of hydrogen-bond acceptors (Lipinski definition) is 1. The first-order chi connectivity index (χ1) is 9.95. The van der Waals surface area contributed by atoms with Gasteiger partial charge in [-0.25, -0.2) is 8.78 Å². The zero-order valence-electron chi connectivity index (χ0n) is 11.4. The molecule has 0 fully saturated rings. The van der Waals surface area contributed by atoms with Crippen molar-refractivity contribution in [3.05, 3.63) is 69.7 Å². The van der Waals surface area contributed by atoms with Crippen molar-refractivity contribution in [1.29, 1.82) is 0 Å². The third-order valence-electron chi connectivity index (χ3n) is 3.01. The Morgan fingerprint density at radius 1 is 1.19 bits per heavy atom. The predicted octanol–water partition coefficient (Wildman–Crippen LogP) is 4.09. The molecule has 2 aromatic carbocycles. The van der Waals surface area contributed by atoms with Crippen molar-refractivity contribution in [1.82, 2.24) is 5.32 Å². The van der Waals surface area contributed by atoms with Crippen LogP contribution in [0.15, 0.2) is 46.9 Å². The predicted molar refractivity (Wildman–Crippen MR) is 81.1 cm³/mol. The van der Waals surface area contributed by atoms with E-state index in [1.807, 2.05) is 6.92 Å². The number of carbonyl (C=O) groups is 1. The molecule has 0 spiro atoms. The fourth-order valence-corrected chi connectivity index (χ4v) is 2.36. The van der Waals surface area contributed by atoms with E-state index in [9.17, 15) is 13.6 Å². The highest BCUT2D eigenvalue weighted by Crippen LogP contribution is 2.16. The van der Waals surface area contributed by atoms with E-state index in [4.69, 9.17) is 0 Å². The molecule has 0 aliphatic rings. The number of halogens is 3. The summed E-state index contributed by atoms with van der Waals surface area (Å²) in [6.45, 7) is 1.82. The molecule has 1 atom stereocenters. The minimum absolute atomic E-state index is 0.00432. The Labute approximate surface area is 130 Å². The summed E-state index contributed by atoms with van der Waals surface area (Å²) in [5.41, 5.74) is 0.897. The van der Waals surface area contributed by atoms with Gasteiger partial charge in [0, 0.05) is 10.5 Å². The van der Waals surface area contributed by atoms with Gasteiger partial charge in [0.2, 0.25) is 0 Å². The van der Waals surface area contributed by atoms with E-state index in [1.165, 1.54) is 30.3 Å². The van der Waals surface area contributed by atoms with Gasteiger partial charge in [-0.05, 0) is 49.2 Å². The van der Waals surface area contributed by atoms with Gasteiger partial charge in [0.1, 0.15) is 11.6 Å². The smallest absolute Gasteiger partial charge is 0.254 e. The SMILES string of the molecule is CC(Cc1ccc(F)cc1)NC(=O)c1cc(Br)ccc1F. The van der Waals surface area contributed by atoms with Crippen LogP contribution in [0.2, 0.25) is 0 Å². The monoisotopic (exact) mass is 353 g/mol. The van der Waals surface area contributed by atoms with E-state index in [2.05, 4.69) is 21.2 Å². The Bertz CT molecular complexity index is 643. The van der Waals surface area contributed by atoms with Crippen LogP contribution in [-0.2, 0) is 6.42 Å². The van der Waals surface area contributed by atoms with Crippen molar-refractivity contribution in [3.8, 4) is 0 Å². The largest absolute Gasteiger partial charge is 0.349 e. The Morgan fingerprint density at radius 2 is 1.86 bits per heavy atom. The minimum Gasteiger partial charge on any atom is -0.349 e. The highest BCUT2D eigenvalue weighted by molar-refractivity contribution is 9.10. The van der Waals surface area contributed by atoms with E-state index >= 15 is 0 Å². The topological polar surface area (TPSA) is 29.1 Å². The van der Waals surface area contributed by atoms with E-state index in [1.54, 1.807) is 12.1 Å². The summed E-state index contributed by atoms with van der Waals surface area (Å²) in [6.07, 6.45) is 0.543. The molecule has 2 aromatic rings. The quantitative estimate of drug-likeness (QED) is 0.881. The summed E-state index contributed by atoms with van der Waals surface area (Å²) in [6, 6.07) is 10.1. The van der Waals surface area contributed by atoms with Gasteiger partial charge < -0.3 is 5.32 Å². The normalized spacial score (nSPS) is 12.0. The van der Waals surface area contributed by atoms with Gasteiger partial charge >= 0.3 is 0 Å². The lowest BCUT2D eigenvalue weighted by molar-refractivity contribution is 0.0936. The van der Waals surface area contributed by atoms with E-state index in [-0.39, 0.29) is 17.4 Å². The van der Waals surface area contributed by atoms with Crippen LogP contribution in [0.1, 0.15) is 22.8 Å². The lowest BCUT2D eigenvalue weighted by Crippen LogP contribution is -2.34. The van der Waals surface area contributed by atoms with Gasteiger partial charge in [0.25, 0.3) is 5.91 Å². The molecule has 1 amide bonds. The number of nitrogens with one attached hydrogen (secondary N) is 1. The maximum Gasteiger partial charge on any atom is 0.254 e. The molecule has 1 unspecified atom stereocenters. The number of carbonyl (C=O) groups excluding carboxylic acids is 1. The van der Waals surface area contributed by atoms with Gasteiger partial charge in [-0.1, -0.05) is 28.1 Å². The van der Waals surface area contributed by atoms with Crippen molar-refractivity contribution in [3.63, 3.8) is 0 Å². The maximum absolute atomic E-state index is 13.6. The van der Waals surface area contributed by atoms with Crippen molar-refractivity contribution in [2.24, 2.45) is 0 Å². The van der Waals surface area contributed by atoms with Crippen LogP contribution in [0, 0.1) is 11.6 Å². The molecule has 110 valence electrons. The lowest BCUT2D eigenvalue weighted by Gasteiger charge is -2.14. The van der Waals surface area contributed by atoms with Crippen LogP contribution in [0.25, 0.3) is 0 Å². The van der Waals surface area contributed by atoms with Gasteiger partial charge in [0.05, 0.1) is 5.56 Å². The fourth-order valence-electron chi connectivity index (χ4n) is 2.00. The molecule has 0 aliphatic carbocycles. The van der Waals surface area contributed by atoms with E-state index < -0.39 is 11.7 Å². The van der Waals surface area contributed by atoms with Crippen molar-refractivity contribution >= 4 is 21.8 Å². The standard InChI is InChI=1S/C16H14BrF2NO/c1-10(8-11-2-5-13(18)6-3-11)20-16(21)14-9-12(17)4-7-15(14)19/h2-7,9-10H,8H2,1H3,(H,20,21). The van der Waals surface area contributed by atoms with Gasteiger partial charge in [-0.3, -0.25) is 4.79 Å². The molecule has 0 aliphatic heterocycles. The Morgan fingerprint density at radius 3 is 2.52 bits per heavy atom. The molecule has 2 nitrogen and oxygen atoms in total. The molecule has 21 heavy (non-hydrogen) atoms. The average Bonchev–Trinajstić information content (AvgIpc) is 2.44. The molecule has 5 heteroatoms. The number of benzene rings is 2. The van der Waals surface area contributed by atoms with Gasteiger partial charge in [0.15, 0.2) is 0 Å². The summed E-state index contributed by atoms with van der Waals surface area (Å²) in [7, 11) is 0. The molecule has 0 saturated heterocycles.